The fraction of sp³-hybridized carbons (Fsp3) is 0.647. The minimum Gasteiger partial charge on any atom is -0.396 e. The molecule has 2 N–H and O–H groups in total. The molecule has 1 aromatic rings. The second-order valence-corrected chi connectivity index (χ2v) is 6.18. The first-order valence-electron chi connectivity index (χ1n) is 8.26. The molecule has 5 heteroatoms. The third-order valence-corrected chi connectivity index (χ3v) is 4.32. The molecule has 1 unspecified atom stereocenters. The SMILES string of the molecule is CCCC(C)NC(=O)c1ccc(N2CCC(CO)CC2)cn1. The molecule has 1 aliphatic heterocycles. The molecular formula is C17H27N3O2. The molecule has 0 saturated carbocycles. The topological polar surface area (TPSA) is 65.5 Å². The number of carbonyl (C=O) groups excluding carboxylic acids is 1. The third-order valence-electron chi connectivity index (χ3n) is 4.32. The summed E-state index contributed by atoms with van der Waals surface area (Å²) in [5.41, 5.74) is 1.52. The number of aliphatic hydroxyl groups is 1. The molecule has 1 fully saturated rings. The quantitative estimate of drug-likeness (QED) is 0.846. The maximum Gasteiger partial charge on any atom is 0.270 e. The van der Waals surface area contributed by atoms with E-state index in [-0.39, 0.29) is 18.6 Å². The maximum atomic E-state index is 12.1. The lowest BCUT2D eigenvalue weighted by Crippen LogP contribution is -2.35. The zero-order valence-electron chi connectivity index (χ0n) is 13.6. The highest BCUT2D eigenvalue weighted by Gasteiger charge is 2.19. The summed E-state index contributed by atoms with van der Waals surface area (Å²) in [6.07, 6.45) is 5.82. The zero-order valence-corrected chi connectivity index (χ0v) is 13.6. The van der Waals surface area contributed by atoms with Crippen LogP contribution in [0.2, 0.25) is 0 Å². The van der Waals surface area contributed by atoms with Gasteiger partial charge in [0.2, 0.25) is 0 Å². The first-order chi connectivity index (χ1) is 10.6. The van der Waals surface area contributed by atoms with Crippen molar-refractivity contribution in [2.45, 2.75) is 45.6 Å². The van der Waals surface area contributed by atoms with E-state index in [1.807, 2.05) is 13.0 Å². The molecule has 2 rings (SSSR count). The van der Waals surface area contributed by atoms with Crippen LogP contribution in [-0.4, -0.2) is 41.7 Å². The van der Waals surface area contributed by atoms with Gasteiger partial charge in [0.05, 0.1) is 11.9 Å². The van der Waals surface area contributed by atoms with Gasteiger partial charge in [-0.25, -0.2) is 4.98 Å². The largest absolute Gasteiger partial charge is 0.396 e. The lowest BCUT2D eigenvalue weighted by atomic mass is 9.97. The predicted molar refractivity (Wildman–Crippen MR) is 88.1 cm³/mol. The van der Waals surface area contributed by atoms with Crippen LogP contribution in [-0.2, 0) is 0 Å². The first kappa shape index (κ1) is 16.7. The fourth-order valence-corrected chi connectivity index (χ4v) is 2.88. The number of nitrogens with zero attached hydrogens (tertiary/aromatic N) is 2. The summed E-state index contributed by atoms with van der Waals surface area (Å²) >= 11 is 0. The van der Waals surface area contributed by atoms with E-state index in [2.05, 4.69) is 22.1 Å². The van der Waals surface area contributed by atoms with Crippen molar-refractivity contribution >= 4 is 11.6 Å². The smallest absolute Gasteiger partial charge is 0.270 e. The molecular weight excluding hydrogens is 278 g/mol. The molecule has 0 bridgehead atoms. The second kappa shape index (κ2) is 8.13. The van der Waals surface area contributed by atoms with Gasteiger partial charge in [-0.1, -0.05) is 13.3 Å². The van der Waals surface area contributed by atoms with Gasteiger partial charge in [0.15, 0.2) is 0 Å². The summed E-state index contributed by atoms with van der Waals surface area (Å²) < 4.78 is 0. The Morgan fingerprint density at radius 3 is 2.73 bits per heavy atom. The van der Waals surface area contributed by atoms with Crippen LogP contribution >= 0.6 is 0 Å². The number of hydrogen-bond acceptors (Lipinski definition) is 4. The van der Waals surface area contributed by atoms with E-state index >= 15 is 0 Å². The average molecular weight is 305 g/mol. The van der Waals surface area contributed by atoms with Gasteiger partial charge in [-0.05, 0) is 44.2 Å². The number of hydrogen-bond donors (Lipinski definition) is 2. The fourth-order valence-electron chi connectivity index (χ4n) is 2.88. The molecule has 1 amide bonds. The normalized spacial score (nSPS) is 17.3. The monoisotopic (exact) mass is 305 g/mol. The van der Waals surface area contributed by atoms with E-state index in [1.54, 1.807) is 12.3 Å². The van der Waals surface area contributed by atoms with Crippen molar-refractivity contribution in [3.8, 4) is 0 Å². The van der Waals surface area contributed by atoms with Crippen LogP contribution in [0.25, 0.3) is 0 Å². The summed E-state index contributed by atoms with van der Waals surface area (Å²) in [6, 6.07) is 3.93. The summed E-state index contributed by atoms with van der Waals surface area (Å²) in [4.78, 5) is 18.7. The number of carbonyl (C=O) groups is 1. The van der Waals surface area contributed by atoms with Crippen molar-refractivity contribution in [3.05, 3.63) is 24.0 Å². The van der Waals surface area contributed by atoms with Crippen LogP contribution in [0.15, 0.2) is 18.3 Å². The Morgan fingerprint density at radius 2 is 2.18 bits per heavy atom. The van der Waals surface area contributed by atoms with E-state index < -0.39 is 0 Å². The molecule has 0 spiro atoms. The average Bonchev–Trinajstić information content (AvgIpc) is 2.55. The van der Waals surface area contributed by atoms with E-state index in [0.29, 0.717) is 11.6 Å². The van der Waals surface area contributed by atoms with Crippen LogP contribution in [0.1, 0.15) is 50.0 Å². The number of pyridine rings is 1. The van der Waals surface area contributed by atoms with E-state index in [0.717, 1.165) is 44.5 Å². The molecule has 0 aromatic carbocycles. The Labute approximate surface area is 132 Å². The molecule has 0 aliphatic carbocycles. The number of rotatable bonds is 6. The highest BCUT2D eigenvalue weighted by atomic mass is 16.3. The summed E-state index contributed by atoms with van der Waals surface area (Å²) in [5, 5.41) is 12.1. The van der Waals surface area contributed by atoms with Crippen molar-refractivity contribution in [1.82, 2.24) is 10.3 Å². The van der Waals surface area contributed by atoms with Gasteiger partial charge in [-0.15, -0.1) is 0 Å². The number of piperidine rings is 1. The Morgan fingerprint density at radius 1 is 1.45 bits per heavy atom. The summed E-state index contributed by atoms with van der Waals surface area (Å²) in [7, 11) is 0. The molecule has 2 heterocycles. The van der Waals surface area contributed by atoms with Crippen LogP contribution < -0.4 is 10.2 Å². The van der Waals surface area contributed by atoms with Crippen molar-refractivity contribution < 1.29 is 9.90 Å². The van der Waals surface area contributed by atoms with Crippen molar-refractivity contribution in [1.29, 1.82) is 0 Å². The Balaban J connectivity index is 1.91. The van der Waals surface area contributed by atoms with Gasteiger partial charge in [-0.3, -0.25) is 4.79 Å². The third kappa shape index (κ3) is 4.44. The van der Waals surface area contributed by atoms with Gasteiger partial charge >= 0.3 is 0 Å². The zero-order chi connectivity index (χ0) is 15.9. The summed E-state index contributed by atoms with van der Waals surface area (Å²) in [6.45, 7) is 6.27. The lowest BCUT2D eigenvalue weighted by Gasteiger charge is -2.32. The molecule has 1 aromatic heterocycles. The highest BCUT2D eigenvalue weighted by Crippen LogP contribution is 2.22. The number of aromatic nitrogens is 1. The minimum atomic E-state index is -0.105. The van der Waals surface area contributed by atoms with Crippen LogP contribution in [0.5, 0.6) is 0 Å². The van der Waals surface area contributed by atoms with Crippen molar-refractivity contribution in [2.24, 2.45) is 5.92 Å². The van der Waals surface area contributed by atoms with Crippen molar-refractivity contribution in [3.63, 3.8) is 0 Å². The van der Waals surface area contributed by atoms with Crippen LogP contribution in [0.3, 0.4) is 0 Å². The van der Waals surface area contributed by atoms with Crippen molar-refractivity contribution in [2.75, 3.05) is 24.6 Å². The van der Waals surface area contributed by atoms with Gasteiger partial charge in [0.1, 0.15) is 5.69 Å². The number of nitrogens with one attached hydrogen (secondary N) is 1. The van der Waals surface area contributed by atoms with E-state index in [9.17, 15) is 9.90 Å². The Bertz CT molecular complexity index is 467. The van der Waals surface area contributed by atoms with Gasteiger partial charge < -0.3 is 15.3 Å². The number of aliphatic hydroxyl groups excluding tert-OH is 1. The van der Waals surface area contributed by atoms with E-state index in [4.69, 9.17) is 0 Å². The molecule has 22 heavy (non-hydrogen) atoms. The molecule has 0 radical (unpaired) electrons. The predicted octanol–water partition coefficient (Wildman–Crippen LogP) is 2.21. The maximum absolute atomic E-state index is 12.1. The van der Waals surface area contributed by atoms with Crippen LogP contribution in [0, 0.1) is 5.92 Å². The standard InChI is InChI=1S/C17H27N3O2/c1-3-4-13(2)19-17(22)16-6-5-15(11-18-16)20-9-7-14(12-21)8-10-20/h5-6,11,13-14,21H,3-4,7-10,12H2,1-2H3,(H,19,22). The Hall–Kier alpha value is -1.62. The highest BCUT2D eigenvalue weighted by molar-refractivity contribution is 5.92. The van der Waals surface area contributed by atoms with Gasteiger partial charge in [0.25, 0.3) is 5.91 Å². The second-order valence-electron chi connectivity index (χ2n) is 6.18. The number of amides is 1. The number of anilines is 1. The minimum absolute atomic E-state index is 0.105. The first-order valence-corrected chi connectivity index (χ1v) is 8.26. The molecule has 5 nitrogen and oxygen atoms in total. The lowest BCUT2D eigenvalue weighted by molar-refractivity contribution is 0.0933. The summed E-state index contributed by atoms with van der Waals surface area (Å²) in [5.74, 6) is 0.320. The van der Waals surface area contributed by atoms with Gasteiger partial charge in [0, 0.05) is 25.7 Å². The molecule has 1 aliphatic rings. The Kier molecular flexibility index (Phi) is 6.19. The van der Waals surface area contributed by atoms with Gasteiger partial charge in [-0.2, -0.15) is 0 Å². The molecule has 1 saturated heterocycles. The van der Waals surface area contributed by atoms with Crippen LogP contribution in [0.4, 0.5) is 5.69 Å². The molecule has 122 valence electrons. The molecule has 1 atom stereocenters. The van der Waals surface area contributed by atoms with E-state index in [1.165, 1.54) is 0 Å².